The molecule has 0 bridgehead atoms. The lowest BCUT2D eigenvalue weighted by molar-refractivity contribution is 0.311. The molecular formula is C12H17N3O3S. The predicted octanol–water partition coefficient (Wildman–Crippen LogP) is 0.895. The third-order valence-electron chi connectivity index (χ3n) is 3.26. The van der Waals surface area contributed by atoms with E-state index < -0.39 is 16.1 Å². The highest BCUT2D eigenvalue weighted by Crippen LogP contribution is 2.26. The molecule has 1 unspecified atom stereocenters. The maximum absolute atomic E-state index is 12.6. The average molecular weight is 283 g/mol. The molecule has 1 atom stereocenters. The lowest BCUT2D eigenvalue weighted by atomic mass is 10.2. The first-order chi connectivity index (χ1) is 8.96. The second-order valence-corrected chi connectivity index (χ2v) is 6.51. The molecule has 1 aromatic carbocycles. The van der Waals surface area contributed by atoms with Gasteiger partial charge in [-0.2, -0.15) is 4.31 Å². The fraction of sp³-hybridized carbons (Fsp3) is 0.417. The number of amidine groups is 1. The Balaban J connectivity index is 2.39. The Morgan fingerprint density at radius 1 is 1.53 bits per heavy atom. The van der Waals surface area contributed by atoms with Gasteiger partial charge in [0.25, 0.3) is 0 Å². The Labute approximate surface area is 112 Å². The topological polar surface area (TPSA) is 96.0 Å². The molecule has 1 aliphatic heterocycles. The molecule has 1 aromatic rings. The molecule has 2 rings (SSSR count). The summed E-state index contributed by atoms with van der Waals surface area (Å²) in [4.78, 5) is 0.241. The van der Waals surface area contributed by atoms with Gasteiger partial charge in [0.1, 0.15) is 0 Å². The van der Waals surface area contributed by atoms with Crippen LogP contribution in [0.5, 0.6) is 0 Å². The first-order valence-corrected chi connectivity index (χ1v) is 7.47. The molecule has 1 saturated heterocycles. The van der Waals surface area contributed by atoms with E-state index in [2.05, 4.69) is 5.16 Å². The van der Waals surface area contributed by atoms with Crippen molar-refractivity contribution in [2.75, 3.05) is 6.54 Å². The quantitative estimate of drug-likeness (QED) is 0.373. The van der Waals surface area contributed by atoms with Gasteiger partial charge in [-0.3, -0.25) is 0 Å². The summed E-state index contributed by atoms with van der Waals surface area (Å²) in [6.07, 6.45) is 1.27. The van der Waals surface area contributed by atoms with Crippen LogP contribution in [0.25, 0.3) is 0 Å². The molecule has 0 aliphatic carbocycles. The smallest absolute Gasteiger partial charge is 0.243 e. The number of hydrogen-bond donors (Lipinski definition) is 2. The molecule has 6 nitrogen and oxygen atoms in total. The molecule has 0 radical (unpaired) electrons. The summed E-state index contributed by atoms with van der Waals surface area (Å²) in [5.74, 6) is -0.0614. The third kappa shape index (κ3) is 2.57. The van der Waals surface area contributed by atoms with Gasteiger partial charge in [0.15, 0.2) is 5.84 Å². The molecular weight excluding hydrogens is 266 g/mol. The molecule has 7 heteroatoms. The fourth-order valence-electron chi connectivity index (χ4n) is 2.30. The van der Waals surface area contributed by atoms with Crippen molar-refractivity contribution >= 4 is 15.9 Å². The Morgan fingerprint density at radius 2 is 2.26 bits per heavy atom. The first-order valence-electron chi connectivity index (χ1n) is 6.03. The zero-order valence-corrected chi connectivity index (χ0v) is 11.5. The van der Waals surface area contributed by atoms with Crippen LogP contribution in [0.3, 0.4) is 0 Å². The van der Waals surface area contributed by atoms with Crippen molar-refractivity contribution in [1.29, 1.82) is 0 Å². The summed E-state index contributed by atoms with van der Waals surface area (Å²) in [7, 11) is -3.60. The molecule has 0 spiro atoms. The Kier molecular flexibility index (Phi) is 3.77. The largest absolute Gasteiger partial charge is 0.409 e. The van der Waals surface area contributed by atoms with Gasteiger partial charge in [-0.05, 0) is 37.5 Å². The van der Waals surface area contributed by atoms with Crippen molar-refractivity contribution in [2.45, 2.75) is 30.7 Å². The molecule has 1 fully saturated rings. The molecule has 19 heavy (non-hydrogen) atoms. The van der Waals surface area contributed by atoms with E-state index in [1.807, 2.05) is 13.0 Å². The minimum atomic E-state index is -3.60. The van der Waals surface area contributed by atoms with E-state index in [0.29, 0.717) is 19.4 Å². The van der Waals surface area contributed by atoms with Gasteiger partial charge in [-0.1, -0.05) is 17.3 Å². The summed E-state index contributed by atoms with van der Waals surface area (Å²) < 4.78 is 26.4. The highest BCUT2D eigenvalue weighted by Gasteiger charge is 2.37. The number of hydrogen-bond acceptors (Lipinski definition) is 4. The number of rotatable bonds is 3. The number of nitrogens with two attached hydrogens (primary N) is 1. The van der Waals surface area contributed by atoms with E-state index in [0.717, 1.165) is 5.56 Å². The number of oxime groups is 1. The number of benzene rings is 1. The van der Waals surface area contributed by atoms with Crippen LogP contribution in [0.15, 0.2) is 34.3 Å². The minimum Gasteiger partial charge on any atom is -0.409 e. The summed E-state index contributed by atoms with van der Waals surface area (Å²) in [5.41, 5.74) is 6.44. The number of nitrogens with zero attached hydrogens (tertiary/aromatic N) is 2. The summed E-state index contributed by atoms with van der Waals surface area (Å²) in [6, 6.07) is 6.16. The molecule has 0 aromatic heterocycles. The van der Waals surface area contributed by atoms with Crippen LogP contribution in [-0.4, -0.2) is 36.4 Å². The lowest BCUT2D eigenvalue weighted by Crippen LogP contribution is -2.43. The van der Waals surface area contributed by atoms with Gasteiger partial charge in [-0.25, -0.2) is 8.42 Å². The van der Waals surface area contributed by atoms with Crippen LogP contribution < -0.4 is 5.73 Å². The maximum Gasteiger partial charge on any atom is 0.243 e. The standard InChI is InChI=1S/C12H17N3O3S/c1-9-4-2-5-10(8-9)19(17,18)15-7-3-6-11(15)12(13)14-16/h2,4-5,8,11,16H,3,6-7H2,1H3,(H2,13,14). The highest BCUT2D eigenvalue weighted by molar-refractivity contribution is 7.89. The SMILES string of the molecule is Cc1cccc(S(=O)(=O)N2CCCC2C(N)=NO)c1. The van der Waals surface area contributed by atoms with Crippen LogP contribution in [-0.2, 0) is 10.0 Å². The van der Waals surface area contributed by atoms with Crippen LogP contribution >= 0.6 is 0 Å². The zero-order chi connectivity index (χ0) is 14.0. The molecule has 104 valence electrons. The normalized spacial score (nSPS) is 21.7. The van der Waals surface area contributed by atoms with Gasteiger partial charge in [0.2, 0.25) is 10.0 Å². The molecule has 0 saturated carbocycles. The van der Waals surface area contributed by atoms with E-state index in [-0.39, 0.29) is 10.7 Å². The Morgan fingerprint density at radius 3 is 2.89 bits per heavy atom. The Hall–Kier alpha value is -1.60. The average Bonchev–Trinajstić information content (AvgIpc) is 2.87. The van der Waals surface area contributed by atoms with E-state index in [1.165, 1.54) is 4.31 Å². The molecule has 3 N–H and O–H groups in total. The first kappa shape index (κ1) is 13.8. The van der Waals surface area contributed by atoms with Crippen molar-refractivity contribution in [1.82, 2.24) is 4.31 Å². The molecule has 0 amide bonds. The second-order valence-electron chi connectivity index (χ2n) is 4.62. The fourth-order valence-corrected chi connectivity index (χ4v) is 4.08. The molecule has 1 heterocycles. The number of aryl methyl sites for hydroxylation is 1. The summed E-state index contributed by atoms with van der Waals surface area (Å²) in [6.45, 7) is 2.22. The van der Waals surface area contributed by atoms with Crippen LogP contribution in [0.1, 0.15) is 18.4 Å². The van der Waals surface area contributed by atoms with Gasteiger partial charge in [0.05, 0.1) is 10.9 Å². The van der Waals surface area contributed by atoms with E-state index in [4.69, 9.17) is 10.9 Å². The van der Waals surface area contributed by atoms with Gasteiger partial charge < -0.3 is 10.9 Å². The van der Waals surface area contributed by atoms with Crippen molar-refractivity contribution in [3.63, 3.8) is 0 Å². The van der Waals surface area contributed by atoms with Gasteiger partial charge >= 0.3 is 0 Å². The minimum absolute atomic E-state index is 0.0614. The zero-order valence-electron chi connectivity index (χ0n) is 10.7. The predicted molar refractivity (Wildman–Crippen MR) is 71.5 cm³/mol. The maximum atomic E-state index is 12.6. The highest BCUT2D eigenvalue weighted by atomic mass is 32.2. The number of sulfonamides is 1. The summed E-state index contributed by atoms with van der Waals surface area (Å²) in [5, 5.41) is 11.7. The van der Waals surface area contributed by atoms with Crippen LogP contribution in [0.2, 0.25) is 0 Å². The van der Waals surface area contributed by atoms with Gasteiger partial charge in [0, 0.05) is 6.54 Å². The second kappa shape index (κ2) is 5.18. The van der Waals surface area contributed by atoms with Crippen molar-refractivity contribution in [3.8, 4) is 0 Å². The Bertz CT molecular complexity index is 598. The van der Waals surface area contributed by atoms with E-state index in [9.17, 15) is 8.42 Å². The van der Waals surface area contributed by atoms with Crippen molar-refractivity contribution in [3.05, 3.63) is 29.8 Å². The summed E-state index contributed by atoms with van der Waals surface area (Å²) >= 11 is 0. The third-order valence-corrected chi connectivity index (χ3v) is 5.16. The van der Waals surface area contributed by atoms with Crippen molar-refractivity contribution in [2.24, 2.45) is 10.9 Å². The monoisotopic (exact) mass is 283 g/mol. The van der Waals surface area contributed by atoms with Crippen LogP contribution in [0, 0.1) is 6.92 Å². The van der Waals surface area contributed by atoms with E-state index >= 15 is 0 Å². The van der Waals surface area contributed by atoms with Crippen molar-refractivity contribution < 1.29 is 13.6 Å². The lowest BCUT2D eigenvalue weighted by Gasteiger charge is -2.23. The van der Waals surface area contributed by atoms with Crippen LogP contribution in [0.4, 0.5) is 0 Å². The molecule has 1 aliphatic rings. The van der Waals surface area contributed by atoms with E-state index in [1.54, 1.807) is 18.2 Å². The van der Waals surface area contributed by atoms with Gasteiger partial charge in [-0.15, -0.1) is 0 Å².